The predicted molar refractivity (Wildman–Crippen MR) is 63.6 cm³/mol. The van der Waals surface area contributed by atoms with Gasteiger partial charge in [-0.1, -0.05) is 11.3 Å². The minimum atomic E-state index is -0.931. The highest BCUT2D eigenvalue weighted by Crippen LogP contribution is 2.24. The molecular weight excluding hydrogens is 260 g/mol. The first-order valence-electron chi connectivity index (χ1n) is 5.34. The minimum Gasteiger partial charge on any atom is -0.480 e. The number of nitrogens with zero attached hydrogens (tertiary/aromatic N) is 2. The molecule has 1 fully saturated rings. The maximum atomic E-state index is 11.0. The summed E-state index contributed by atoms with van der Waals surface area (Å²) in [5, 5.41) is 21.4. The number of hydrogen-bond donors (Lipinski definition) is 1. The summed E-state index contributed by atoms with van der Waals surface area (Å²) in [6.07, 6.45) is 0. The number of hydrogen-bond acceptors (Lipinski definition) is 6. The van der Waals surface area contributed by atoms with Gasteiger partial charge in [0.1, 0.15) is 6.04 Å². The van der Waals surface area contributed by atoms with Crippen molar-refractivity contribution in [2.45, 2.75) is 12.6 Å². The monoisotopic (exact) mass is 272 g/mol. The van der Waals surface area contributed by atoms with Crippen molar-refractivity contribution in [2.75, 3.05) is 19.8 Å². The molecule has 1 atom stereocenters. The van der Waals surface area contributed by atoms with Gasteiger partial charge in [-0.25, -0.2) is 0 Å². The Kier molecular flexibility index (Phi) is 3.90. The quantitative estimate of drug-likeness (QED) is 0.647. The zero-order chi connectivity index (χ0) is 13.1. The van der Waals surface area contributed by atoms with Crippen LogP contribution in [0, 0.1) is 10.1 Å². The molecule has 0 bridgehead atoms. The van der Waals surface area contributed by atoms with Crippen molar-refractivity contribution in [1.29, 1.82) is 0 Å². The number of thiophene rings is 1. The number of carboxylic acid groups (broad SMARTS) is 1. The first kappa shape index (κ1) is 12.9. The summed E-state index contributed by atoms with van der Waals surface area (Å²) in [7, 11) is 0. The van der Waals surface area contributed by atoms with Gasteiger partial charge in [0.2, 0.25) is 0 Å². The summed E-state index contributed by atoms with van der Waals surface area (Å²) in [6, 6.07) is 0.802. The number of ether oxygens (including phenoxy) is 1. The number of rotatable bonds is 4. The number of carboxylic acids is 1. The van der Waals surface area contributed by atoms with Crippen LogP contribution in [0.3, 0.4) is 0 Å². The van der Waals surface area contributed by atoms with Gasteiger partial charge in [0.25, 0.3) is 0 Å². The number of nitro groups is 1. The molecule has 7 nitrogen and oxygen atoms in total. The maximum absolute atomic E-state index is 11.0. The lowest BCUT2D eigenvalue weighted by atomic mass is 10.2. The van der Waals surface area contributed by atoms with Gasteiger partial charge in [0, 0.05) is 24.5 Å². The van der Waals surface area contributed by atoms with Crippen molar-refractivity contribution in [3.63, 3.8) is 0 Å². The lowest BCUT2D eigenvalue weighted by Crippen LogP contribution is -2.49. The van der Waals surface area contributed by atoms with Crippen molar-refractivity contribution < 1.29 is 19.6 Å². The molecule has 18 heavy (non-hydrogen) atoms. The normalized spacial score (nSPS) is 20.8. The van der Waals surface area contributed by atoms with Crippen LogP contribution in [0.5, 0.6) is 0 Å². The van der Waals surface area contributed by atoms with E-state index in [2.05, 4.69) is 0 Å². The van der Waals surface area contributed by atoms with E-state index < -0.39 is 16.9 Å². The Morgan fingerprint density at radius 1 is 1.72 bits per heavy atom. The molecule has 0 radical (unpaired) electrons. The summed E-state index contributed by atoms with van der Waals surface area (Å²) >= 11 is 1.05. The Morgan fingerprint density at radius 2 is 2.50 bits per heavy atom. The van der Waals surface area contributed by atoms with Gasteiger partial charge < -0.3 is 9.84 Å². The first-order valence-corrected chi connectivity index (χ1v) is 6.22. The molecule has 1 aliphatic heterocycles. The molecule has 1 aliphatic rings. The summed E-state index contributed by atoms with van der Waals surface area (Å²) in [6.45, 7) is 1.54. The Morgan fingerprint density at radius 3 is 3.11 bits per heavy atom. The first-order chi connectivity index (χ1) is 8.58. The van der Waals surface area contributed by atoms with E-state index >= 15 is 0 Å². The Labute approximate surface area is 107 Å². The highest BCUT2D eigenvalue weighted by molar-refractivity contribution is 7.13. The van der Waals surface area contributed by atoms with Gasteiger partial charge >= 0.3 is 11.0 Å². The zero-order valence-corrected chi connectivity index (χ0v) is 10.3. The highest BCUT2D eigenvalue weighted by Gasteiger charge is 2.29. The summed E-state index contributed by atoms with van der Waals surface area (Å²) < 4.78 is 5.13. The average Bonchev–Trinajstić information content (AvgIpc) is 2.78. The number of morpholine rings is 1. The molecule has 0 saturated carbocycles. The van der Waals surface area contributed by atoms with E-state index in [1.165, 1.54) is 6.07 Å². The predicted octanol–water partition coefficient (Wildman–Crippen LogP) is 0.942. The zero-order valence-electron chi connectivity index (χ0n) is 9.44. The van der Waals surface area contributed by atoms with Crippen molar-refractivity contribution in [2.24, 2.45) is 0 Å². The van der Waals surface area contributed by atoms with E-state index in [9.17, 15) is 14.9 Å². The molecule has 0 spiro atoms. The summed E-state index contributed by atoms with van der Waals surface area (Å²) in [5.74, 6) is -0.931. The number of carbonyl (C=O) groups is 1. The van der Waals surface area contributed by atoms with Gasteiger partial charge in [-0.2, -0.15) is 0 Å². The highest BCUT2D eigenvalue weighted by atomic mass is 32.1. The Balaban J connectivity index is 2.06. The second kappa shape index (κ2) is 5.42. The Bertz CT molecular complexity index is 461. The van der Waals surface area contributed by atoms with Crippen molar-refractivity contribution >= 4 is 22.3 Å². The maximum Gasteiger partial charge on any atom is 0.324 e. The molecule has 1 N–H and O–H groups in total. The van der Waals surface area contributed by atoms with E-state index in [0.717, 1.165) is 16.9 Å². The van der Waals surface area contributed by atoms with Crippen LogP contribution >= 0.6 is 11.3 Å². The third kappa shape index (κ3) is 2.84. The third-order valence-corrected chi connectivity index (χ3v) is 3.66. The van der Waals surface area contributed by atoms with Crippen molar-refractivity contribution in [3.8, 4) is 0 Å². The molecule has 8 heteroatoms. The average molecular weight is 272 g/mol. The molecule has 1 aromatic heterocycles. The topological polar surface area (TPSA) is 92.9 Å². The second-order valence-electron chi connectivity index (χ2n) is 3.95. The standard InChI is InChI=1S/C10H12N2O5S/c13-10(14)8-5-17-2-1-11(8)4-7-3-9(12(15)16)18-6-7/h3,6,8H,1-2,4-5H2,(H,13,14). The van der Waals surface area contributed by atoms with E-state index in [-0.39, 0.29) is 11.6 Å². The molecule has 0 amide bonds. The summed E-state index contributed by atoms with van der Waals surface area (Å²) in [4.78, 5) is 22.9. The van der Waals surface area contributed by atoms with E-state index in [4.69, 9.17) is 9.84 Å². The van der Waals surface area contributed by atoms with Crippen LogP contribution < -0.4 is 0 Å². The lowest BCUT2D eigenvalue weighted by molar-refractivity contribution is -0.380. The van der Waals surface area contributed by atoms with Crippen LogP contribution in [0.25, 0.3) is 0 Å². The Hall–Kier alpha value is -1.51. The molecule has 1 aromatic rings. The molecule has 2 rings (SSSR count). The molecular formula is C10H12N2O5S. The fourth-order valence-corrected chi connectivity index (χ4v) is 2.55. The lowest BCUT2D eigenvalue weighted by Gasteiger charge is -2.32. The van der Waals surface area contributed by atoms with Crippen LogP contribution in [0.15, 0.2) is 11.4 Å². The molecule has 98 valence electrons. The molecule has 0 aliphatic carbocycles. The van der Waals surface area contributed by atoms with Gasteiger partial charge in [-0.3, -0.25) is 19.8 Å². The largest absolute Gasteiger partial charge is 0.480 e. The van der Waals surface area contributed by atoms with Crippen LogP contribution in [0.2, 0.25) is 0 Å². The fourth-order valence-electron chi connectivity index (χ4n) is 1.83. The van der Waals surface area contributed by atoms with Gasteiger partial charge in [-0.15, -0.1) is 0 Å². The van der Waals surface area contributed by atoms with E-state index in [0.29, 0.717) is 19.7 Å². The van der Waals surface area contributed by atoms with E-state index in [1.54, 1.807) is 10.3 Å². The molecule has 0 aromatic carbocycles. The second-order valence-corrected chi connectivity index (χ2v) is 4.84. The van der Waals surface area contributed by atoms with Gasteiger partial charge in [0.15, 0.2) is 0 Å². The number of aliphatic carboxylic acids is 1. The molecule has 1 unspecified atom stereocenters. The van der Waals surface area contributed by atoms with E-state index in [1.807, 2.05) is 0 Å². The van der Waals surface area contributed by atoms with Crippen LogP contribution in [-0.4, -0.2) is 46.7 Å². The molecule has 2 heterocycles. The van der Waals surface area contributed by atoms with Gasteiger partial charge in [0.05, 0.1) is 18.1 Å². The smallest absolute Gasteiger partial charge is 0.324 e. The van der Waals surface area contributed by atoms with Crippen molar-refractivity contribution in [1.82, 2.24) is 4.90 Å². The molecule has 1 saturated heterocycles. The third-order valence-electron chi connectivity index (χ3n) is 2.73. The van der Waals surface area contributed by atoms with Crippen LogP contribution in [0.1, 0.15) is 5.56 Å². The fraction of sp³-hybridized carbons (Fsp3) is 0.500. The van der Waals surface area contributed by atoms with Crippen LogP contribution in [0.4, 0.5) is 5.00 Å². The van der Waals surface area contributed by atoms with Crippen LogP contribution in [-0.2, 0) is 16.1 Å². The SMILES string of the molecule is O=C(O)C1COCCN1Cc1csc([N+](=O)[O-])c1. The minimum absolute atomic E-state index is 0.0742. The van der Waals surface area contributed by atoms with Gasteiger partial charge in [-0.05, 0) is 5.56 Å². The van der Waals surface area contributed by atoms with Crippen molar-refractivity contribution in [3.05, 3.63) is 27.1 Å². The summed E-state index contributed by atoms with van der Waals surface area (Å²) in [5.41, 5.74) is 0.764.